The van der Waals surface area contributed by atoms with Crippen LogP contribution in [0, 0.1) is 18.3 Å². The molecule has 0 saturated carbocycles. The second-order valence-electron chi connectivity index (χ2n) is 4.92. The van der Waals surface area contributed by atoms with Gasteiger partial charge in [-0.2, -0.15) is 5.26 Å². The van der Waals surface area contributed by atoms with Crippen molar-refractivity contribution in [3.63, 3.8) is 0 Å². The van der Waals surface area contributed by atoms with Crippen LogP contribution < -0.4 is 5.32 Å². The predicted molar refractivity (Wildman–Crippen MR) is 79.0 cm³/mol. The minimum Gasteiger partial charge on any atom is -0.340 e. The molecule has 0 spiro atoms. The molecule has 4 heteroatoms. The molecule has 1 N–H and O–H groups in total. The highest BCUT2D eigenvalue weighted by Gasteiger charge is 2.08. The molecule has 0 atom stereocenters. The standard InChI is InChI=1S/C15H26N4/c1-5-8-19(6-2)9-7-17-12-14-10-15(11-16)18(4)13(14)3/h10,17H,5-9,12H2,1-4H3. The maximum absolute atomic E-state index is 8.99. The van der Waals surface area contributed by atoms with Crippen LogP contribution in [0.15, 0.2) is 6.07 Å². The number of nitrogens with zero attached hydrogens (tertiary/aromatic N) is 3. The third-order valence-corrected chi connectivity index (χ3v) is 3.66. The van der Waals surface area contributed by atoms with Gasteiger partial charge in [-0.05, 0) is 38.1 Å². The van der Waals surface area contributed by atoms with Crippen molar-refractivity contribution in [2.75, 3.05) is 26.2 Å². The number of hydrogen-bond acceptors (Lipinski definition) is 3. The second kappa shape index (κ2) is 7.98. The van der Waals surface area contributed by atoms with E-state index in [1.54, 1.807) is 0 Å². The highest BCUT2D eigenvalue weighted by molar-refractivity contribution is 5.33. The van der Waals surface area contributed by atoms with E-state index in [0.29, 0.717) is 0 Å². The average molecular weight is 262 g/mol. The van der Waals surface area contributed by atoms with Crippen molar-refractivity contribution >= 4 is 0 Å². The van der Waals surface area contributed by atoms with Crippen molar-refractivity contribution in [2.24, 2.45) is 7.05 Å². The van der Waals surface area contributed by atoms with Crippen LogP contribution in [-0.4, -0.2) is 35.6 Å². The van der Waals surface area contributed by atoms with Gasteiger partial charge in [0.15, 0.2) is 0 Å². The van der Waals surface area contributed by atoms with Gasteiger partial charge in [0.2, 0.25) is 0 Å². The largest absolute Gasteiger partial charge is 0.340 e. The number of hydrogen-bond donors (Lipinski definition) is 1. The normalized spacial score (nSPS) is 10.9. The van der Waals surface area contributed by atoms with Gasteiger partial charge in [0, 0.05) is 32.4 Å². The Bertz CT molecular complexity index is 428. The Morgan fingerprint density at radius 2 is 2.11 bits per heavy atom. The summed E-state index contributed by atoms with van der Waals surface area (Å²) in [5.41, 5.74) is 3.12. The number of likely N-dealkylation sites (N-methyl/N-ethyl adjacent to an activating group) is 1. The van der Waals surface area contributed by atoms with Crippen LogP contribution in [0.3, 0.4) is 0 Å². The van der Waals surface area contributed by atoms with Crippen LogP contribution in [0.25, 0.3) is 0 Å². The van der Waals surface area contributed by atoms with Crippen LogP contribution in [-0.2, 0) is 13.6 Å². The van der Waals surface area contributed by atoms with E-state index in [0.717, 1.165) is 31.9 Å². The maximum Gasteiger partial charge on any atom is 0.120 e. The zero-order valence-corrected chi connectivity index (χ0v) is 12.7. The molecule has 0 aliphatic carbocycles. The molecule has 0 saturated heterocycles. The van der Waals surface area contributed by atoms with Crippen molar-refractivity contribution in [1.29, 1.82) is 5.26 Å². The summed E-state index contributed by atoms with van der Waals surface area (Å²) in [5, 5.41) is 12.5. The fraction of sp³-hybridized carbons (Fsp3) is 0.667. The molecule has 0 aliphatic rings. The number of nitriles is 1. The van der Waals surface area contributed by atoms with Gasteiger partial charge >= 0.3 is 0 Å². The lowest BCUT2D eigenvalue weighted by Crippen LogP contribution is -2.32. The predicted octanol–water partition coefficient (Wildman–Crippen LogP) is 2.03. The lowest BCUT2D eigenvalue weighted by Gasteiger charge is -2.19. The Labute approximate surface area is 117 Å². The second-order valence-corrected chi connectivity index (χ2v) is 4.92. The van der Waals surface area contributed by atoms with E-state index in [9.17, 15) is 0 Å². The first-order valence-electron chi connectivity index (χ1n) is 7.12. The van der Waals surface area contributed by atoms with Crippen LogP contribution in [0.2, 0.25) is 0 Å². The Kier molecular flexibility index (Phi) is 6.61. The van der Waals surface area contributed by atoms with Crippen molar-refractivity contribution in [3.8, 4) is 6.07 Å². The molecule has 0 aliphatic heterocycles. The Balaban J connectivity index is 2.40. The first-order chi connectivity index (χ1) is 9.13. The summed E-state index contributed by atoms with van der Waals surface area (Å²) in [7, 11) is 1.94. The molecular weight excluding hydrogens is 236 g/mol. The molecule has 0 bridgehead atoms. The van der Waals surface area contributed by atoms with E-state index < -0.39 is 0 Å². The Hall–Kier alpha value is -1.31. The summed E-state index contributed by atoms with van der Waals surface area (Å²) in [5.74, 6) is 0. The van der Waals surface area contributed by atoms with Crippen LogP contribution in [0.4, 0.5) is 0 Å². The third kappa shape index (κ3) is 4.38. The fourth-order valence-electron chi connectivity index (χ4n) is 2.25. The number of aromatic nitrogens is 1. The molecule has 106 valence electrons. The minimum absolute atomic E-state index is 0.732. The van der Waals surface area contributed by atoms with Crippen LogP contribution in [0.1, 0.15) is 37.2 Å². The molecular formula is C15H26N4. The van der Waals surface area contributed by atoms with Crippen molar-refractivity contribution in [3.05, 3.63) is 23.0 Å². The zero-order valence-electron chi connectivity index (χ0n) is 12.7. The summed E-state index contributed by atoms with van der Waals surface area (Å²) in [6.45, 7) is 11.7. The van der Waals surface area contributed by atoms with Gasteiger partial charge in [-0.15, -0.1) is 0 Å². The van der Waals surface area contributed by atoms with Gasteiger partial charge < -0.3 is 14.8 Å². The van der Waals surface area contributed by atoms with E-state index >= 15 is 0 Å². The Morgan fingerprint density at radius 3 is 2.63 bits per heavy atom. The average Bonchev–Trinajstić information content (AvgIpc) is 2.69. The zero-order chi connectivity index (χ0) is 14.3. The van der Waals surface area contributed by atoms with Gasteiger partial charge in [-0.25, -0.2) is 0 Å². The molecule has 1 aromatic rings. The van der Waals surface area contributed by atoms with Crippen LogP contribution in [0.5, 0.6) is 0 Å². The van der Waals surface area contributed by atoms with Gasteiger partial charge in [0.25, 0.3) is 0 Å². The molecule has 0 amide bonds. The Morgan fingerprint density at radius 1 is 1.37 bits per heavy atom. The van der Waals surface area contributed by atoms with Gasteiger partial charge in [0.05, 0.1) is 0 Å². The molecule has 19 heavy (non-hydrogen) atoms. The number of rotatable bonds is 8. The first kappa shape index (κ1) is 15.7. The summed E-state index contributed by atoms with van der Waals surface area (Å²) in [4.78, 5) is 2.45. The van der Waals surface area contributed by atoms with E-state index in [1.807, 2.05) is 17.7 Å². The van der Waals surface area contributed by atoms with Crippen molar-refractivity contribution in [2.45, 2.75) is 33.7 Å². The third-order valence-electron chi connectivity index (χ3n) is 3.66. The van der Waals surface area contributed by atoms with Gasteiger partial charge in [-0.3, -0.25) is 0 Å². The smallest absolute Gasteiger partial charge is 0.120 e. The highest BCUT2D eigenvalue weighted by atomic mass is 15.1. The first-order valence-corrected chi connectivity index (χ1v) is 7.12. The van der Waals surface area contributed by atoms with E-state index in [2.05, 4.69) is 37.1 Å². The molecule has 1 heterocycles. The van der Waals surface area contributed by atoms with E-state index in [4.69, 9.17) is 5.26 Å². The van der Waals surface area contributed by atoms with Gasteiger partial charge in [0.1, 0.15) is 11.8 Å². The summed E-state index contributed by atoms with van der Waals surface area (Å²) < 4.78 is 1.95. The SMILES string of the molecule is CCCN(CC)CCNCc1cc(C#N)n(C)c1C. The van der Waals surface area contributed by atoms with E-state index in [-0.39, 0.29) is 0 Å². The lowest BCUT2D eigenvalue weighted by molar-refractivity contribution is 0.287. The molecule has 0 aromatic carbocycles. The fourth-order valence-corrected chi connectivity index (χ4v) is 2.25. The minimum atomic E-state index is 0.732. The molecule has 0 fully saturated rings. The molecule has 1 aromatic heterocycles. The van der Waals surface area contributed by atoms with Gasteiger partial charge in [-0.1, -0.05) is 13.8 Å². The lowest BCUT2D eigenvalue weighted by atomic mass is 10.2. The van der Waals surface area contributed by atoms with Crippen molar-refractivity contribution < 1.29 is 0 Å². The summed E-state index contributed by atoms with van der Waals surface area (Å²) in [6, 6.07) is 4.20. The quantitative estimate of drug-likeness (QED) is 0.729. The van der Waals surface area contributed by atoms with Crippen molar-refractivity contribution in [1.82, 2.24) is 14.8 Å². The molecule has 0 radical (unpaired) electrons. The maximum atomic E-state index is 8.99. The summed E-state index contributed by atoms with van der Waals surface area (Å²) >= 11 is 0. The summed E-state index contributed by atoms with van der Waals surface area (Å²) in [6.07, 6.45) is 1.21. The monoisotopic (exact) mass is 262 g/mol. The van der Waals surface area contributed by atoms with Crippen LogP contribution >= 0.6 is 0 Å². The van der Waals surface area contributed by atoms with E-state index in [1.165, 1.54) is 24.2 Å². The highest BCUT2D eigenvalue weighted by Crippen LogP contribution is 2.12. The molecule has 4 nitrogen and oxygen atoms in total. The topological polar surface area (TPSA) is 44.0 Å². The molecule has 1 rings (SSSR count). The molecule has 0 unspecified atom stereocenters. The number of nitrogens with one attached hydrogen (secondary N) is 1.